The number of carbonyl (C=O) groups is 3. The largest absolute Gasteiger partial charge is 0.481 e. The van der Waals surface area contributed by atoms with Crippen molar-refractivity contribution in [2.75, 3.05) is 58.2 Å². The molecule has 2 amide bonds. The molecule has 3 N–H and O–H groups in total. The number of aryl methyl sites for hydroxylation is 2. The fourth-order valence-electron chi connectivity index (χ4n) is 6.06. The van der Waals surface area contributed by atoms with E-state index >= 15 is 0 Å². The average molecular weight is 744 g/mol. The van der Waals surface area contributed by atoms with E-state index in [4.69, 9.17) is 35.7 Å². The van der Waals surface area contributed by atoms with E-state index in [1.165, 1.54) is 5.56 Å². The first-order chi connectivity index (χ1) is 25.9. The lowest BCUT2D eigenvalue weighted by molar-refractivity contribution is -0.138. The molecule has 1 aliphatic rings. The van der Waals surface area contributed by atoms with Crippen molar-refractivity contribution in [2.24, 2.45) is 0 Å². The number of fused-ring (bicyclic) bond motifs is 1. The van der Waals surface area contributed by atoms with Crippen LogP contribution in [0.4, 0.5) is 5.69 Å². The number of aromatic nitrogens is 1. The average Bonchev–Trinajstić information content (AvgIpc) is 3.17. The fourth-order valence-corrected chi connectivity index (χ4v) is 6.24. The molecule has 12 heteroatoms. The van der Waals surface area contributed by atoms with Gasteiger partial charge in [0.15, 0.2) is 0 Å². The predicted molar refractivity (Wildman–Crippen MR) is 203 cm³/mol. The highest BCUT2D eigenvalue weighted by Gasteiger charge is 2.22. The maximum atomic E-state index is 13.5. The molecule has 5 rings (SSSR count). The van der Waals surface area contributed by atoms with E-state index in [1.54, 1.807) is 42.6 Å². The zero-order valence-electron chi connectivity index (χ0n) is 29.7. The molecule has 0 radical (unpaired) electrons. The van der Waals surface area contributed by atoms with Gasteiger partial charge in [-0.25, -0.2) is 0 Å². The minimum Gasteiger partial charge on any atom is -0.481 e. The Labute approximate surface area is 315 Å². The number of anilines is 1. The van der Waals surface area contributed by atoms with Gasteiger partial charge in [-0.1, -0.05) is 48.0 Å². The molecule has 280 valence electrons. The van der Waals surface area contributed by atoms with E-state index in [2.05, 4.69) is 27.8 Å². The maximum Gasteiger partial charge on any atom is 0.305 e. The zero-order valence-corrected chi connectivity index (χ0v) is 30.4. The van der Waals surface area contributed by atoms with Crippen molar-refractivity contribution in [3.63, 3.8) is 0 Å². The number of rotatable bonds is 21. The maximum absolute atomic E-state index is 13.5. The Morgan fingerprint density at radius 1 is 0.774 bits per heavy atom. The molecule has 1 aliphatic carbocycles. The molecule has 53 heavy (non-hydrogen) atoms. The third-order valence-corrected chi connectivity index (χ3v) is 8.96. The Bertz CT molecular complexity index is 1820. The number of hydrogen-bond acceptors (Lipinski definition) is 8. The number of carboxylic acid groups (broad SMARTS) is 1. The first-order valence-corrected chi connectivity index (χ1v) is 18.3. The van der Waals surface area contributed by atoms with Crippen molar-refractivity contribution >= 4 is 35.1 Å². The lowest BCUT2D eigenvalue weighted by Gasteiger charge is -2.26. The SMILES string of the molecule is O=C(O)CCOCCOCCOCCOCCCc1cccc(C(=O)Nc2ccc(Cl)cc2-c2cc(C(=O)N[C@H]3CCCc4ccccc43)ccn2)c1. The van der Waals surface area contributed by atoms with E-state index in [1.807, 2.05) is 30.3 Å². The number of ether oxygens (including phenoxy) is 4. The van der Waals surface area contributed by atoms with Gasteiger partial charge in [0, 0.05) is 34.5 Å². The summed E-state index contributed by atoms with van der Waals surface area (Å²) in [4.78, 5) is 41.8. The van der Waals surface area contributed by atoms with Gasteiger partial charge < -0.3 is 34.7 Å². The number of amides is 2. The molecular formula is C41H46ClN3O8. The van der Waals surface area contributed by atoms with Crippen LogP contribution in [-0.2, 0) is 36.6 Å². The Morgan fingerprint density at radius 2 is 1.49 bits per heavy atom. The first kappa shape index (κ1) is 39.6. The van der Waals surface area contributed by atoms with Crippen molar-refractivity contribution in [2.45, 2.75) is 44.6 Å². The molecule has 1 heterocycles. The fraction of sp³-hybridized carbons (Fsp3) is 0.366. The molecule has 0 unspecified atom stereocenters. The lowest BCUT2D eigenvalue weighted by Crippen LogP contribution is -2.31. The summed E-state index contributed by atoms with van der Waals surface area (Å²) >= 11 is 6.40. The topological polar surface area (TPSA) is 145 Å². The van der Waals surface area contributed by atoms with Gasteiger partial charge in [-0.05, 0) is 91.3 Å². The molecule has 1 atom stereocenters. The minimum atomic E-state index is -0.885. The highest BCUT2D eigenvalue weighted by atomic mass is 35.5. The Kier molecular flexibility index (Phi) is 15.8. The van der Waals surface area contributed by atoms with Crippen LogP contribution < -0.4 is 10.6 Å². The van der Waals surface area contributed by atoms with Crippen molar-refractivity contribution in [1.29, 1.82) is 0 Å². The van der Waals surface area contributed by atoms with Gasteiger partial charge in [-0.2, -0.15) is 0 Å². The van der Waals surface area contributed by atoms with E-state index < -0.39 is 5.97 Å². The molecule has 0 saturated heterocycles. The summed E-state index contributed by atoms with van der Waals surface area (Å²) in [5.41, 5.74) is 6.08. The zero-order chi connectivity index (χ0) is 37.3. The Morgan fingerprint density at radius 3 is 2.26 bits per heavy atom. The molecule has 0 spiro atoms. The second-order valence-corrected chi connectivity index (χ2v) is 13.0. The lowest BCUT2D eigenvalue weighted by atomic mass is 9.87. The van der Waals surface area contributed by atoms with Crippen molar-refractivity contribution < 1.29 is 38.4 Å². The predicted octanol–water partition coefficient (Wildman–Crippen LogP) is 6.94. The quantitative estimate of drug-likeness (QED) is 0.0774. The number of aliphatic carboxylic acids is 1. The van der Waals surface area contributed by atoms with Crippen LogP contribution in [-0.4, -0.2) is 80.7 Å². The number of nitrogens with one attached hydrogen (secondary N) is 2. The number of hydrogen-bond donors (Lipinski definition) is 3. The van der Waals surface area contributed by atoms with Crippen LogP contribution in [0.5, 0.6) is 0 Å². The molecule has 0 saturated carbocycles. The van der Waals surface area contributed by atoms with Crippen LogP contribution in [0.1, 0.15) is 69.1 Å². The highest BCUT2D eigenvalue weighted by molar-refractivity contribution is 6.31. The number of pyridine rings is 1. The molecule has 0 bridgehead atoms. The minimum absolute atomic E-state index is 0.0185. The van der Waals surface area contributed by atoms with Crippen LogP contribution in [0.15, 0.2) is 85.1 Å². The van der Waals surface area contributed by atoms with E-state index in [0.29, 0.717) is 79.3 Å². The Hall–Kier alpha value is -4.65. The van der Waals surface area contributed by atoms with Crippen molar-refractivity contribution in [3.8, 4) is 11.3 Å². The number of halogens is 1. The number of nitrogens with zero attached hydrogens (tertiary/aromatic N) is 1. The van der Waals surface area contributed by atoms with Crippen LogP contribution in [0.3, 0.4) is 0 Å². The van der Waals surface area contributed by atoms with Crippen LogP contribution in [0.2, 0.25) is 5.02 Å². The second-order valence-electron chi connectivity index (χ2n) is 12.6. The standard InChI is InChI=1S/C41H46ClN3O8/c42-33-13-14-37(35(28-33)38-27-32(15-17-43-38)41(49)44-36-12-4-9-30-8-1-2-11-34(30)36)45-40(48)31-10-3-6-29(26-31)7-5-18-50-20-22-52-24-25-53-23-21-51-19-16-39(46)47/h1-3,6,8,10-11,13-15,17,26-28,36H,4-5,7,9,12,16,18-25H2,(H,44,49)(H,45,48)(H,46,47)/t36-/m0/s1. The summed E-state index contributed by atoms with van der Waals surface area (Å²) in [5, 5.41) is 15.3. The summed E-state index contributed by atoms with van der Waals surface area (Å²) in [6, 6.07) is 24.3. The third-order valence-electron chi connectivity index (χ3n) is 8.72. The monoisotopic (exact) mass is 743 g/mol. The van der Waals surface area contributed by atoms with Crippen molar-refractivity contribution in [1.82, 2.24) is 10.3 Å². The van der Waals surface area contributed by atoms with Gasteiger partial charge >= 0.3 is 5.97 Å². The molecule has 0 aliphatic heterocycles. The smallest absolute Gasteiger partial charge is 0.305 e. The van der Waals surface area contributed by atoms with Gasteiger partial charge in [0.2, 0.25) is 0 Å². The summed E-state index contributed by atoms with van der Waals surface area (Å²) < 4.78 is 21.7. The molecule has 0 fully saturated rings. The molecule has 3 aromatic carbocycles. The number of carbonyl (C=O) groups excluding carboxylic acids is 2. The molecule has 11 nitrogen and oxygen atoms in total. The summed E-state index contributed by atoms with van der Waals surface area (Å²) in [6.07, 6.45) is 6.00. The van der Waals surface area contributed by atoms with Crippen LogP contribution in [0, 0.1) is 0 Å². The number of benzene rings is 3. The van der Waals surface area contributed by atoms with Gasteiger partial charge in [0.05, 0.1) is 70.1 Å². The molecule has 4 aromatic rings. The third kappa shape index (κ3) is 12.8. The van der Waals surface area contributed by atoms with Gasteiger partial charge in [-0.15, -0.1) is 0 Å². The van der Waals surface area contributed by atoms with E-state index in [0.717, 1.165) is 43.2 Å². The first-order valence-electron chi connectivity index (χ1n) is 17.9. The normalized spacial score (nSPS) is 13.6. The molecular weight excluding hydrogens is 698 g/mol. The summed E-state index contributed by atoms with van der Waals surface area (Å²) in [6.45, 7) is 3.22. The second kappa shape index (κ2) is 21.2. The van der Waals surface area contributed by atoms with Gasteiger partial charge in [0.25, 0.3) is 11.8 Å². The van der Waals surface area contributed by atoms with E-state index in [9.17, 15) is 14.4 Å². The van der Waals surface area contributed by atoms with Crippen molar-refractivity contribution in [3.05, 3.63) is 118 Å². The summed E-state index contributed by atoms with van der Waals surface area (Å²) in [7, 11) is 0. The number of carboxylic acids is 1. The van der Waals surface area contributed by atoms with Gasteiger partial charge in [-0.3, -0.25) is 19.4 Å². The van der Waals surface area contributed by atoms with Crippen LogP contribution >= 0.6 is 11.6 Å². The Balaban J connectivity index is 1.07. The van der Waals surface area contributed by atoms with Crippen LogP contribution in [0.25, 0.3) is 11.3 Å². The highest BCUT2D eigenvalue weighted by Crippen LogP contribution is 2.32. The molecule has 1 aromatic heterocycles. The van der Waals surface area contributed by atoms with Gasteiger partial charge in [0.1, 0.15) is 0 Å². The summed E-state index contributed by atoms with van der Waals surface area (Å²) in [5.74, 6) is -1.34. The van der Waals surface area contributed by atoms with E-state index in [-0.39, 0.29) is 30.9 Å².